The maximum atomic E-state index is 6.03. The van der Waals surface area contributed by atoms with E-state index in [0.29, 0.717) is 6.04 Å². The smallest absolute Gasteiger partial charge is 0.0741 e. The molecule has 2 fully saturated rings. The monoisotopic (exact) mass is 228 g/mol. The summed E-state index contributed by atoms with van der Waals surface area (Å²) in [5, 5.41) is 0. The van der Waals surface area contributed by atoms with Crippen molar-refractivity contribution < 1.29 is 9.47 Å². The van der Waals surface area contributed by atoms with Crippen LogP contribution in [0.15, 0.2) is 0 Å². The van der Waals surface area contributed by atoms with Gasteiger partial charge in [-0.1, -0.05) is 0 Å². The number of nitrogens with zero attached hydrogens (tertiary/aromatic N) is 1. The number of likely N-dealkylation sites (N-methyl/N-ethyl adjacent to an activating group) is 1. The molecule has 0 aromatic heterocycles. The van der Waals surface area contributed by atoms with Crippen molar-refractivity contribution in [1.82, 2.24) is 4.90 Å². The highest BCUT2D eigenvalue weighted by atomic mass is 16.5. The van der Waals surface area contributed by atoms with Crippen LogP contribution in [0, 0.1) is 0 Å². The molecule has 0 saturated carbocycles. The largest absolute Gasteiger partial charge is 0.381 e. The maximum absolute atomic E-state index is 6.03. The van der Waals surface area contributed by atoms with E-state index < -0.39 is 0 Å². The van der Waals surface area contributed by atoms with Crippen molar-refractivity contribution in [2.75, 3.05) is 40.0 Å². The lowest BCUT2D eigenvalue weighted by Gasteiger charge is -2.45. The predicted molar refractivity (Wildman–Crippen MR) is 63.4 cm³/mol. The molecule has 4 heteroatoms. The Hall–Kier alpha value is -0.160. The molecule has 1 atom stereocenters. The van der Waals surface area contributed by atoms with Crippen LogP contribution in [0.1, 0.15) is 25.7 Å². The molecule has 94 valence electrons. The zero-order valence-corrected chi connectivity index (χ0v) is 10.3. The van der Waals surface area contributed by atoms with Gasteiger partial charge >= 0.3 is 0 Å². The minimum Gasteiger partial charge on any atom is -0.381 e. The second-order valence-electron chi connectivity index (χ2n) is 5.06. The molecule has 1 spiro atoms. The number of rotatable bonds is 3. The Morgan fingerprint density at radius 3 is 2.75 bits per heavy atom. The molecule has 2 rings (SSSR count). The van der Waals surface area contributed by atoms with Gasteiger partial charge in [-0.25, -0.2) is 0 Å². The van der Waals surface area contributed by atoms with E-state index in [-0.39, 0.29) is 5.60 Å². The molecule has 0 aromatic carbocycles. The Balaban J connectivity index is 1.92. The molecular weight excluding hydrogens is 204 g/mol. The number of nitrogens with two attached hydrogens (primary N) is 1. The summed E-state index contributed by atoms with van der Waals surface area (Å²) in [6.07, 6.45) is 4.39. The van der Waals surface area contributed by atoms with Crippen LogP contribution < -0.4 is 5.73 Å². The molecule has 0 bridgehead atoms. The normalized spacial score (nSPS) is 29.8. The highest BCUT2D eigenvalue weighted by molar-refractivity contribution is 4.91. The fourth-order valence-corrected chi connectivity index (χ4v) is 2.86. The molecule has 2 aliphatic rings. The molecule has 4 nitrogen and oxygen atoms in total. The van der Waals surface area contributed by atoms with Crippen molar-refractivity contribution in [2.24, 2.45) is 5.73 Å². The summed E-state index contributed by atoms with van der Waals surface area (Å²) in [6, 6.07) is 0.635. The third-order valence-electron chi connectivity index (χ3n) is 3.98. The van der Waals surface area contributed by atoms with Gasteiger partial charge in [-0.3, -0.25) is 0 Å². The Morgan fingerprint density at radius 1 is 1.31 bits per heavy atom. The van der Waals surface area contributed by atoms with E-state index in [4.69, 9.17) is 15.2 Å². The van der Waals surface area contributed by atoms with Crippen LogP contribution in [-0.4, -0.2) is 56.5 Å². The average molecular weight is 228 g/mol. The van der Waals surface area contributed by atoms with E-state index in [9.17, 15) is 0 Å². The second kappa shape index (κ2) is 5.45. The highest BCUT2D eigenvalue weighted by Gasteiger charge is 2.39. The first-order chi connectivity index (χ1) is 7.76. The van der Waals surface area contributed by atoms with Crippen molar-refractivity contribution >= 4 is 0 Å². The molecule has 1 unspecified atom stereocenters. The lowest BCUT2D eigenvalue weighted by atomic mass is 9.83. The van der Waals surface area contributed by atoms with Crippen molar-refractivity contribution in [1.29, 1.82) is 0 Å². The molecule has 0 radical (unpaired) electrons. The average Bonchev–Trinajstić information content (AvgIpc) is 2.30. The third kappa shape index (κ3) is 2.74. The number of hydrogen-bond acceptors (Lipinski definition) is 4. The van der Waals surface area contributed by atoms with Gasteiger partial charge < -0.3 is 20.1 Å². The summed E-state index contributed by atoms with van der Waals surface area (Å²) >= 11 is 0. The molecule has 16 heavy (non-hydrogen) atoms. The SMILES string of the molecule is CN(CCN)C1CCOC2(CCOCC2)C1. The molecule has 2 heterocycles. The van der Waals surface area contributed by atoms with E-state index in [0.717, 1.165) is 58.6 Å². The zero-order chi connectivity index (χ0) is 11.4. The van der Waals surface area contributed by atoms with Gasteiger partial charge in [0.25, 0.3) is 0 Å². The first kappa shape index (κ1) is 12.3. The summed E-state index contributed by atoms with van der Waals surface area (Å²) in [7, 11) is 2.18. The topological polar surface area (TPSA) is 47.7 Å². The first-order valence-corrected chi connectivity index (χ1v) is 6.38. The van der Waals surface area contributed by atoms with E-state index >= 15 is 0 Å². The van der Waals surface area contributed by atoms with Crippen LogP contribution in [0.25, 0.3) is 0 Å². The third-order valence-corrected chi connectivity index (χ3v) is 3.98. The van der Waals surface area contributed by atoms with Gasteiger partial charge in [0, 0.05) is 39.0 Å². The lowest BCUT2D eigenvalue weighted by Crippen LogP contribution is -2.50. The fourth-order valence-electron chi connectivity index (χ4n) is 2.86. The van der Waals surface area contributed by atoms with Crippen molar-refractivity contribution in [3.63, 3.8) is 0 Å². The van der Waals surface area contributed by atoms with Gasteiger partial charge in [0.15, 0.2) is 0 Å². The molecule has 2 aliphatic heterocycles. The molecular formula is C12H24N2O2. The fraction of sp³-hybridized carbons (Fsp3) is 1.00. The Kier molecular flexibility index (Phi) is 4.19. The summed E-state index contributed by atoms with van der Waals surface area (Å²) in [5.41, 5.74) is 5.71. The Labute approximate surface area is 98.1 Å². The van der Waals surface area contributed by atoms with Gasteiger partial charge in [0.05, 0.1) is 5.60 Å². The van der Waals surface area contributed by atoms with Gasteiger partial charge in [0.1, 0.15) is 0 Å². The summed E-state index contributed by atoms with van der Waals surface area (Å²) in [5.74, 6) is 0. The Bertz CT molecular complexity index is 212. The molecule has 0 aliphatic carbocycles. The predicted octanol–water partition coefficient (Wildman–Crippen LogP) is 0.605. The first-order valence-electron chi connectivity index (χ1n) is 6.38. The minimum atomic E-state index is 0.101. The van der Waals surface area contributed by atoms with Crippen molar-refractivity contribution in [3.05, 3.63) is 0 Å². The van der Waals surface area contributed by atoms with Gasteiger partial charge in [0.2, 0.25) is 0 Å². The van der Waals surface area contributed by atoms with E-state index in [1.807, 2.05) is 0 Å². The van der Waals surface area contributed by atoms with Crippen LogP contribution in [-0.2, 0) is 9.47 Å². The van der Waals surface area contributed by atoms with E-state index in [1.54, 1.807) is 0 Å². The van der Waals surface area contributed by atoms with Gasteiger partial charge in [-0.15, -0.1) is 0 Å². The zero-order valence-electron chi connectivity index (χ0n) is 10.3. The van der Waals surface area contributed by atoms with E-state index in [2.05, 4.69) is 11.9 Å². The summed E-state index contributed by atoms with van der Waals surface area (Å²) < 4.78 is 11.5. The molecule has 0 amide bonds. The van der Waals surface area contributed by atoms with Crippen molar-refractivity contribution in [2.45, 2.75) is 37.3 Å². The number of ether oxygens (including phenoxy) is 2. The standard InChI is InChI=1S/C12H24N2O2/c1-14(6-5-13)11-2-7-16-12(10-11)3-8-15-9-4-12/h11H,2-10,13H2,1H3. The van der Waals surface area contributed by atoms with Crippen LogP contribution in [0.4, 0.5) is 0 Å². The van der Waals surface area contributed by atoms with Crippen LogP contribution in [0.3, 0.4) is 0 Å². The molecule has 2 N–H and O–H groups in total. The summed E-state index contributed by atoms with van der Waals surface area (Å²) in [6.45, 7) is 4.32. The highest BCUT2D eigenvalue weighted by Crippen LogP contribution is 2.35. The van der Waals surface area contributed by atoms with E-state index in [1.165, 1.54) is 0 Å². The van der Waals surface area contributed by atoms with Gasteiger partial charge in [-0.05, 0) is 32.7 Å². The van der Waals surface area contributed by atoms with Crippen LogP contribution in [0.5, 0.6) is 0 Å². The van der Waals surface area contributed by atoms with Crippen LogP contribution >= 0.6 is 0 Å². The Morgan fingerprint density at radius 2 is 2.06 bits per heavy atom. The second-order valence-corrected chi connectivity index (χ2v) is 5.06. The maximum Gasteiger partial charge on any atom is 0.0741 e. The quantitative estimate of drug-likeness (QED) is 0.768. The number of hydrogen-bond donors (Lipinski definition) is 1. The molecule has 2 saturated heterocycles. The lowest BCUT2D eigenvalue weighted by molar-refractivity contribution is -0.149. The van der Waals surface area contributed by atoms with Crippen LogP contribution in [0.2, 0.25) is 0 Å². The van der Waals surface area contributed by atoms with Crippen molar-refractivity contribution in [3.8, 4) is 0 Å². The van der Waals surface area contributed by atoms with Gasteiger partial charge in [-0.2, -0.15) is 0 Å². The summed E-state index contributed by atoms with van der Waals surface area (Å²) in [4.78, 5) is 2.39. The minimum absolute atomic E-state index is 0.101. The molecule has 0 aromatic rings.